The van der Waals surface area contributed by atoms with Gasteiger partial charge in [-0.1, -0.05) is 0 Å². The minimum atomic E-state index is -0.957. The van der Waals surface area contributed by atoms with Crippen molar-refractivity contribution in [1.29, 1.82) is 0 Å². The number of hydrogen-bond donors (Lipinski definition) is 2. The lowest BCUT2D eigenvalue weighted by atomic mass is 10.1. The number of thioether (sulfide) groups is 1. The van der Waals surface area contributed by atoms with E-state index in [-0.39, 0.29) is 10.3 Å². The number of nitrogens with zero attached hydrogens (tertiary/aromatic N) is 1. The molecule has 0 bridgehead atoms. The number of carbonyl (C=O) groups is 1. The van der Waals surface area contributed by atoms with Gasteiger partial charge in [0.15, 0.2) is 0 Å². The van der Waals surface area contributed by atoms with Crippen molar-refractivity contribution < 1.29 is 9.90 Å². The summed E-state index contributed by atoms with van der Waals surface area (Å²) in [7, 11) is 0. The number of rotatable bonds is 5. The molecule has 0 aliphatic carbocycles. The van der Waals surface area contributed by atoms with Gasteiger partial charge in [-0.15, -0.1) is 0 Å². The van der Waals surface area contributed by atoms with Crippen LogP contribution in [0.1, 0.15) is 29.9 Å². The van der Waals surface area contributed by atoms with Gasteiger partial charge in [-0.3, -0.25) is 4.98 Å². The van der Waals surface area contributed by atoms with Gasteiger partial charge in [0.1, 0.15) is 5.56 Å². The molecule has 1 rings (SSSR count). The van der Waals surface area contributed by atoms with Crippen LogP contribution in [0, 0.1) is 6.92 Å². The third-order valence-corrected chi connectivity index (χ3v) is 3.78. The number of nitrogens with one attached hydrogen (secondary N) is 1. The second kappa shape index (κ2) is 5.40. The molecule has 0 unspecified atom stereocenters. The van der Waals surface area contributed by atoms with E-state index in [4.69, 9.17) is 5.11 Å². The molecule has 5 heteroatoms. The van der Waals surface area contributed by atoms with Crippen molar-refractivity contribution in [2.24, 2.45) is 0 Å². The molecule has 94 valence electrons. The Balaban J connectivity index is 2.89. The molecule has 0 amide bonds. The highest BCUT2D eigenvalue weighted by molar-refractivity contribution is 7.99. The molecule has 0 fully saturated rings. The first-order chi connectivity index (χ1) is 7.85. The van der Waals surface area contributed by atoms with E-state index >= 15 is 0 Å². The van der Waals surface area contributed by atoms with E-state index in [1.54, 1.807) is 17.8 Å². The Bertz CT molecular complexity index is 419. The molecular formula is C12H18N2O2S. The minimum absolute atomic E-state index is 0.0624. The molecule has 0 saturated carbocycles. The Morgan fingerprint density at radius 1 is 1.59 bits per heavy atom. The zero-order chi connectivity index (χ0) is 13.1. The molecule has 0 radical (unpaired) electrons. The second-order valence-corrected chi connectivity index (χ2v) is 6.01. The van der Waals surface area contributed by atoms with Crippen LogP contribution in [0.4, 0.5) is 5.69 Å². The summed E-state index contributed by atoms with van der Waals surface area (Å²) in [5.74, 6) is -0.957. The maximum atomic E-state index is 11.0. The summed E-state index contributed by atoms with van der Waals surface area (Å²) >= 11 is 1.74. The first-order valence-corrected chi connectivity index (χ1v) is 6.57. The largest absolute Gasteiger partial charge is 0.478 e. The van der Waals surface area contributed by atoms with Crippen LogP contribution in [0.25, 0.3) is 0 Å². The number of anilines is 1. The van der Waals surface area contributed by atoms with Crippen molar-refractivity contribution in [3.8, 4) is 0 Å². The van der Waals surface area contributed by atoms with Crippen LogP contribution in [0.5, 0.6) is 0 Å². The number of aromatic nitrogens is 1. The van der Waals surface area contributed by atoms with Gasteiger partial charge in [-0.05, 0) is 33.1 Å². The number of hydrogen-bond acceptors (Lipinski definition) is 4. The highest BCUT2D eigenvalue weighted by Gasteiger charge is 2.17. The van der Waals surface area contributed by atoms with Crippen molar-refractivity contribution in [3.05, 3.63) is 23.5 Å². The maximum absolute atomic E-state index is 11.0. The van der Waals surface area contributed by atoms with E-state index in [1.807, 2.05) is 13.2 Å². The zero-order valence-corrected chi connectivity index (χ0v) is 11.4. The Morgan fingerprint density at radius 3 is 2.76 bits per heavy atom. The van der Waals surface area contributed by atoms with Crippen LogP contribution in [0.15, 0.2) is 12.3 Å². The Kier molecular flexibility index (Phi) is 4.40. The molecule has 0 atom stereocenters. The number of carboxylic acid groups (broad SMARTS) is 1. The van der Waals surface area contributed by atoms with E-state index in [2.05, 4.69) is 24.1 Å². The number of aromatic carboxylic acids is 1. The zero-order valence-electron chi connectivity index (χ0n) is 10.6. The number of aryl methyl sites for hydroxylation is 1. The van der Waals surface area contributed by atoms with E-state index in [0.29, 0.717) is 12.2 Å². The molecule has 0 aliphatic rings. The molecule has 1 heterocycles. The van der Waals surface area contributed by atoms with Crippen molar-refractivity contribution in [2.75, 3.05) is 18.1 Å². The maximum Gasteiger partial charge on any atom is 0.339 e. The van der Waals surface area contributed by atoms with Crippen LogP contribution in [0.2, 0.25) is 0 Å². The summed E-state index contributed by atoms with van der Waals surface area (Å²) in [4.78, 5) is 15.0. The highest BCUT2D eigenvalue weighted by atomic mass is 32.2. The molecule has 2 N–H and O–H groups in total. The fourth-order valence-corrected chi connectivity index (χ4v) is 1.47. The standard InChI is InChI=1S/C12H18N2O2S/c1-8-5-10(9(6-13-8)11(15)16)14-7-12(2,3)17-4/h5-6H,7H2,1-4H3,(H,13,14)(H,15,16). The Labute approximate surface area is 106 Å². The lowest BCUT2D eigenvalue weighted by molar-refractivity contribution is 0.0697. The summed E-state index contributed by atoms with van der Waals surface area (Å²) in [6, 6.07) is 1.76. The third kappa shape index (κ3) is 3.93. The Hall–Kier alpha value is -1.23. The van der Waals surface area contributed by atoms with E-state index in [9.17, 15) is 4.79 Å². The van der Waals surface area contributed by atoms with Gasteiger partial charge in [-0.25, -0.2) is 4.79 Å². The molecule has 0 aliphatic heterocycles. The van der Waals surface area contributed by atoms with Crippen molar-refractivity contribution in [1.82, 2.24) is 4.98 Å². The van der Waals surface area contributed by atoms with Crippen LogP contribution in [-0.2, 0) is 0 Å². The lowest BCUT2D eigenvalue weighted by Crippen LogP contribution is -2.26. The average Bonchev–Trinajstić information content (AvgIpc) is 2.26. The summed E-state index contributed by atoms with van der Waals surface area (Å²) in [6.07, 6.45) is 3.43. The fourth-order valence-electron chi connectivity index (χ4n) is 1.26. The van der Waals surface area contributed by atoms with Gasteiger partial charge in [0, 0.05) is 23.2 Å². The quantitative estimate of drug-likeness (QED) is 0.845. The minimum Gasteiger partial charge on any atom is -0.478 e. The molecule has 0 saturated heterocycles. The third-order valence-electron chi connectivity index (χ3n) is 2.53. The molecule has 0 aromatic carbocycles. The number of carboxylic acids is 1. The van der Waals surface area contributed by atoms with Crippen LogP contribution in [-0.4, -0.2) is 33.6 Å². The first kappa shape index (κ1) is 13.8. The van der Waals surface area contributed by atoms with Crippen molar-refractivity contribution in [2.45, 2.75) is 25.5 Å². The van der Waals surface area contributed by atoms with Gasteiger partial charge in [0.2, 0.25) is 0 Å². The summed E-state index contributed by atoms with van der Waals surface area (Å²) in [5, 5.41) is 12.2. The summed E-state index contributed by atoms with van der Waals surface area (Å²) in [6.45, 7) is 6.77. The molecule has 1 aromatic rings. The normalized spacial score (nSPS) is 11.3. The van der Waals surface area contributed by atoms with Gasteiger partial charge < -0.3 is 10.4 Å². The van der Waals surface area contributed by atoms with Gasteiger partial charge in [0.25, 0.3) is 0 Å². The van der Waals surface area contributed by atoms with Crippen LogP contribution >= 0.6 is 11.8 Å². The predicted molar refractivity (Wildman–Crippen MR) is 72.0 cm³/mol. The molecule has 4 nitrogen and oxygen atoms in total. The number of pyridine rings is 1. The smallest absolute Gasteiger partial charge is 0.339 e. The fraction of sp³-hybridized carbons (Fsp3) is 0.500. The highest BCUT2D eigenvalue weighted by Crippen LogP contribution is 2.23. The van der Waals surface area contributed by atoms with E-state index in [0.717, 1.165) is 5.69 Å². The topological polar surface area (TPSA) is 62.2 Å². The Morgan fingerprint density at radius 2 is 2.24 bits per heavy atom. The van der Waals surface area contributed by atoms with Crippen LogP contribution < -0.4 is 5.32 Å². The summed E-state index contributed by atoms with van der Waals surface area (Å²) < 4.78 is 0.0624. The van der Waals surface area contributed by atoms with Gasteiger partial charge in [-0.2, -0.15) is 11.8 Å². The van der Waals surface area contributed by atoms with E-state index < -0.39 is 5.97 Å². The van der Waals surface area contributed by atoms with Crippen molar-refractivity contribution in [3.63, 3.8) is 0 Å². The van der Waals surface area contributed by atoms with Crippen molar-refractivity contribution >= 4 is 23.4 Å². The predicted octanol–water partition coefficient (Wildman–Crippen LogP) is 2.64. The monoisotopic (exact) mass is 254 g/mol. The van der Waals surface area contributed by atoms with Gasteiger partial charge >= 0.3 is 5.97 Å². The second-order valence-electron chi connectivity index (χ2n) is 4.49. The molecule has 0 spiro atoms. The van der Waals surface area contributed by atoms with Crippen LogP contribution in [0.3, 0.4) is 0 Å². The lowest BCUT2D eigenvalue weighted by Gasteiger charge is -2.23. The van der Waals surface area contributed by atoms with E-state index in [1.165, 1.54) is 6.20 Å². The SMILES string of the molecule is CSC(C)(C)CNc1cc(C)ncc1C(=O)O. The molecule has 1 aromatic heterocycles. The first-order valence-electron chi connectivity index (χ1n) is 5.35. The average molecular weight is 254 g/mol. The van der Waals surface area contributed by atoms with Gasteiger partial charge in [0.05, 0.1) is 5.69 Å². The summed E-state index contributed by atoms with van der Waals surface area (Å²) in [5.41, 5.74) is 1.65. The molecular weight excluding hydrogens is 236 g/mol. The molecule has 17 heavy (non-hydrogen) atoms.